The number of Topliss-reactive ketones (excluding diaryl/α,β-unsaturated/α-hetero) is 2. The number of ether oxygens (including phenoxy) is 1. The first kappa shape index (κ1) is 13.0. The Labute approximate surface area is 107 Å². The van der Waals surface area contributed by atoms with Gasteiger partial charge in [0, 0.05) is 31.4 Å². The van der Waals surface area contributed by atoms with E-state index in [1.54, 1.807) is 7.11 Å². The van der Waals surface area contributed by atoms with Crippen LogP contribution in [0.5, 0.6) is 0 Å². The summed E-state index contributed by atoms with van der Waals surface area (Å²) in [7, 11) is 1.63. The van der Waals surface area contributed by atoms with E-state index in [2.05, 4.69) is 0 Å². The third-order valence-electron chi connectivity index (χ3n) is 3.38. The van der Waals surface area contributed by atoms with Crippen molar-refractivity contribution in [2.75, 3.05) is 7.11 Å². The zero-order chi connectivity index (χ0) is 13.0. The second kappa shape index (κ2) is 5.91. The van der Waals surface area contributed by atoms with E-state index in [0.29, 0.717) is 25.0 Å². The third-order valence-corrected chi connectivity index (χ3v) is 3.38. The molecule has 0 saturated heterocycles. The number of carbonyl (C=O) groups is 2. The van der Waals surface area contributed by atoms with Gasteiger partial charge in [0.2, 0.25) is 0 Å². The predicted molar refractivity (Wildman–Crippen MR) is 68.5 cm³/mol. The fraction of sp³-hybridized carbons (Fsp3) is 0.467. The molecule has 1 aromatic rings. The van der Waals surface area contributed by atoms with Crippen LogP contribution in [0.4, 0.5) is 0 Å². The molecule has 0 N–H and O–H groups in total. The van der Waals surface area contributed by atoms with Gasteiger partial charge in [-0.3, -0.25) is 9.59 Å². The summed E-state index contributed by atoms with van der Waals surface area (Å²) in [6, 6.07) is 7.49. The molecule has 0 amide bonds. The van der Waals surface area contributed by atoms with Crippen LogP contribution in [0.15, 0.2) is 24.3 Å². The summed E-state index contributed by atoms with van der Waals surface area (Å²) in [5.74, 6) is 0.192. The summed E-state index contributed by atoms with van der Waals surface area (Å²) < 4.78 is 5.06. The zero-order valence-corrected chi connectivity index (χ0v) is 10.6. The highest BCUT2D eigenvalue weighted by molar-refractivity contribution is 6.00. The number of carbonyl (C=O) groups excluding carboxylic acids is 2. The Balaban J connectivity index is 2.12. The Kier molecular flexibility index (Phi) is 4.26. The molecule has 1 aliphatic carbocycles. The Bertz CT molecular complexity index is 451. The fourth-order valence-corrected chi connectivity index (χ4v) is 2.47. The molecular weight excluding hydrogens is 228 g/mol. The minimum absolute atomic E-state index is 0.0982. The van der Waals surface area contributed by atoms with Crippen molar-refractivity contribution in [1.82, 2.24) is 0 Å². The average molecular weight is 246 g/mol. The maximum absolute atomic E-state index is 12.3. The Morgan fingerprint density at radius 1 is 1.44 bits per heavy atom. The van der Waals surface area contributed by atoms with Gasteiger partial charge in [-0.15, -0.1) is 0 Å². The van der Waals surface area contributed by atoms with E-state index in [1.807, 2.05) is 24.3 Å². The van der Waals surface area contributed by atoms with Gasteiger partial charge < -0.3 is 4.74 Å². The van der Waals surface area contributed by atoms with Crippen molar-refractivity contribution in [3.63, 3.8) is 0 Å². The van der Waals surface area contributed by atoms with E-state index in [4.69, 9.17) is 4.74 Å². The second-order valence-corrected chi connectivity index (χ2v) is 4.83. The minimum Gasteiger partial charge on any atom is -0.380 e. The number of hydrogen-bond donors (Lipinski definition) is 0. The molecule has 0 bridgehead atoms. The molecular formula is C15H18O3. The van der Waals surface area contributed by atoms with Crippen LogP contribution in [0.2, 0.25) is 0 Å². The van der Waals surface area contributed by atoms with Crippen LogP contribution in [0, 0.1) is 5.92 Å². The van der Waals surface area contributed by atoms with Crippen molar-refractivity contribution >= 4 is 11.6 Å². The minimum atomic E-state index is -0.121. The lowest BCUT2D eigenvalue weighted by Gasteiger charge is -2.19. The highest BCUT2D eigenvalue weighted by atomic mass is 16.5. The van der Waals surface area contributed by atoms with Gasteiger partial charge in [0.25, 0.3) is 0 Å². The van der Waals surface area contributed by atoms with E-state index < -0.39 is 0 Å². The summed E-state index contributed by atoms with van der Waals surface area (Å²) in [6.07, 6.45) is 2.72. The highest BCUT2D eigenvalue weighted by Crippen LogP contribution is 2.25. The maximum atomic E-state index is 12.3. The Morgan fingerprint density at radius 3 is 3.00 bits per heavy atom. The molecule has 18 heavy (non-hydrogen) atoms. The Morgan fingerprint density at radius 2 is 2.28 bits per heavy atom. The molecule has 1 saturated carbocycles. The number of ketones is 2. The summed E-state index contributed by atoms with van der Waals surface area (Å²) in [4.78, 5) is 23.7. The van der Waals surface area contributed by atoms with E-state index in [-0.39, 0.29) is 17.5 Å². The molecule has 3 nitrogen and oxygen atoms in total. The quantitative estimate of drug-likeness (QED) is 0.767. The van der Waals surface area contributed by atoms with Crippen LogP contribution in [0.25, 0.3) is 0 Å². The van der Waals surface area contributed by atoms with Crippen LogP contribution in [-0.2, 0) is 16.1 Å². The third kappa shape index (κ3) is 3.05. The predicted octanol–water partition coefficient (Wildman–Crippen LogP) is 2.78. The normalized spacial score (nSPS) is 19.8. The van der Waals surface area contributed by atoms with E-state index in [9.17, 15) is 9.59 Å². The molecule has 1 fully saturated rings. The van der Waals surface area contributed by atoms with Crippen LogP contribution in [0.1, 0.15) is 41.6 Å². The number of rotatable bonds is 4. The summed E-state index contributed by atoms with van der Waals surface area (Å²) in [6.45, 7) is 0.505. The molecule has 1 aromatic carbocycles. The van der Waals surface area contributed by atoms with Gasteiger partial charge in [-0.1, -0.05) is 18.2 Å². The molecule has 1 atom stereocenters. The van der Waals surface area contributed by atoms with E-state index in [0.717, 1.165) is 18.4 Å². The topological polar surface area (TPSA) is 43.4 Å². The van der Waals surface area contributed by atoms with Gasteiger partial charge >= 0.3 is 0 Å². The van der Waals surface area contributed by atoms with Crippen molar-refractivity contribution in [3.05, 3.63) is 35.4 Å². The molecule has 0 aromatic heterocycles. The SMILES string of the molecule is COCc1cccc(C(=O)C2CCCC(=O)C2)c1. The number of benzene rings is 1. The van der Waals surface area contributed by atoms with Gasteiger partial charge in [-0.2, -0.15) is 0 Å². The Hall–Kier alpha value is -1.48. The van der Waals surface area contributed by atoms with Crippen molar-refractivity contribution in [3.8, 4) is 0 Å². The van der Waals surface area contributed by atoms with Crippen molar-refractivity contribution in [1.29, 1.82) is 0 Å². The molecule has 0 heterocycles. The molecule has 96 valence electrons. The summed E-state index contributed by atoms with van der Waals surface area (Å²) in [5.41, 5.74) is 1.69. The lowest BCUT2D eigenvalue weighted by Crippen LogP contribution is -2.23. The van der Waals surface area contributed by atoms with Gasteiger partial charge in [0.05, 0.1) is 6.61 Å². The lowest BCUT2D eigenvalue weighted by atomic mass is 9.83. The number of hydrogen-bond acceptors (Lipinski definition) is 3. The average Bonchev–Trinajstić information content (AvgIpc) is 2.39. The number of methoxy groups -OCH3 is 1. The first-order chi connectivity index (χ1) is 8.70. The standard InChI is InChI=1S/C15H18O3/c1-18-10-11-4-2-5-12(8-11)15(17)13-6-3-7-14(16)9-13/h2,4-5,8,13H,3,6-7,9-10H2,1H3. The summed E-state index contributed by atoms with van der Waals surface area (Å²) >= 11 is 0. The first-order valence-corrected chi connectivity index (χ1v) is 6.34. The van der Waals surface area contributed by atoms with Crippen molar-refractivity contribution in [2.45, 2.75) is 32.3 Å². The zero-order valence-electron chi connectivity index (χ0n) is 10.6. The van der Waals surface area contributed by atoms with E-state index in [1.165, 1.54) is 0 Å². The largest absolute Gasteiger partial charge is 0.380 e. The molecule has 0 radical (unpaired) electrons. The molecule has 1 unspecified atom stereocenters. The maximum Gasteiger partial charge on any atom is 0.166 e. The smallest absolute Gasteiger partial charge is 0.166 e. The fourth-order valence-electron chi connectivity index (χ4n) is 2.47. The highest BCUT2D eigenvalue weighted by Gasteiger charge is 2.26. The monoisotopic (exact) mass is 246 g/mol. The molecule has 3 heteroatoms. The van der Waals surface area contributed by atoms with Gasteiger partial charge in [0.1, 0.15) is 5.78 Å². The first-order valence-electron chi connectivity index (χ1n) is 6.34. The van der Waals surface area contributed by atoms with Crippen LogP contribution < -0.4 is 0 Å². The van der Waals surface area contributed by atoms with Gasteiger partial charge in [-0.25, -0.2) is 0 Å². The lowest BCUT2D eigenvalue weighted by molar-refractivity contribution is -0.121. The molecule has 0 aliphatic heterocycles. The molecule has 0 spiro atoms. The molecule has 1 aliphatic rings. The van der Waals surface area contributed by atoms with E-state index >= 15 is 0 Å². The second-order valence-electron chi connectivity index (χ2n) is 4.83. The molecule has 2 rings (SSSR count). The van der Waals surface area contributed by atoms with Crippen LogP contribution in [0.3, 0.4) is 0 Å². The van der Waals surface area contributed by atoms with Crippen LogP contribution >= 0.6 is 0 Å². The van der Waals surface area contributed by atoms with Crippen LogP contribution in [-0.4, -0.2) is 18.7 Å². The van der Waals surface area contributed by atoms with Crippen molar-refractivity contribution in [2.24, 2.45) is 5.92 Å². The van der Waals surface area contributed by atoms with Gasteiger partial charge in [0.15, 0.2) is 5.78 Å². The van der Waals surface area contributed by atoms with Crippen molar-refractivity contribution < 1.29 is 14.3 Å². The summed E-state index contributed by atoms with van der Waals surface area (Å²) in [5, 5.41) is 0. The van der Waals surface area contributed by atoms with Gasteiger partial charge in [-0.05, 0) is 24.5 Å².